The fourth-order valence-electron chi connectivity index (χ4n) is 2.24. The van der Waals surface area contributed by atoms with Crippen LogP contribution in [0.2, 0.25) is 0 Å². The minimum Gasteiger partial charge on any atom is -0.351 e. The van der Waals surface area contributed by atoms with E-state index in [0.29, 0.717) is 0 Å². The molecule has 0 aromatic heterocycles. The van der Waals surface area contributed by atoms with Gasteiger partial charge >= 0.3 is 6.18 Å². The summed E-state index contributed by atoms with van der Waals surface area (Å²) in [5, 5.41) is 5.19. The van der Waals surface area contributed by atoms with Crippen LogP contribution in [0.25, 0.3) is 0 Å². The van der Waals surface area contributed by atoms with Crippen molar-refractivity contribution in [2.45, 2.75) is 33.5 Å². The Balaban J connectivity index is 1.98. The molecule has 0 unspecified atom stereocenters. The number of rotatable bonds is 5. The number of amides is 2. The van der Waals surface area contributed by atoms with Gasteiger partial charge in [-0.15, -0.1) is 0 Å². The minimum absolute atomic E-state index is 0.187. The zero-order valence-electron chi connectivity index (χ0n) is 15.3. The molecule has 4 nitrogen and oxygen atoms in total. The van der Waals surface area contributed by atoms with Crippen LogP contribution < -0.4 is 10.6 Å². The Hall–Kier alpha value is -2.83. The highest BCUT2D eigenvalue weighted by Crippen LogP contribution is 2.30. The van der Waals surface area contributed by atoms with Crippen molar-refractivity contribution in [2.24, 2.45) is 5.41 Å². The highest BCUT2D eigenvalue weighted by Gasteiger charge is 2.36. The molecule has 2 N–H and O–H groups in total. The first-order chi connectivity index (χ1) is 12.5. The number of alkyl halides is 3. The van der Waals surface area contributed by atoms with Gasteiger partial charge in [0, 0.05) is 12.2 Å². The smallest absolute Gasteiger partial charge is 0.351 e. The van der Waals surface area contributed by atoms with Gasteiger partial charge in [0.2, 0.25) is 11.8 Å². The average molecular weight is 378 g/mol. The predicted molar refractivity (Wildman–Crippen MR) is 96.9 cm³/mol. The minimum atomic E-state index is -4.45. The fourth-order valence-corrected chi connectivity index (χ4v) is 2.24. The van der Waals surface area contributed by atoms with Crippen LogP contribution in [0.5, 0.6) is 0 Å². The second-order valence-corrected chi connectivity index (χ2v) is 6.82. The molecule has 0 bridgehead atoms. The van der Waals surface area contributed by atoms with E-state index in [1.54, 1.807) is 0 Å². The lowest BCUT2D eigenvalue weighted by Crippen LogP contribution is -2.44. The Kier molecular flexibility index (Phi) is 5.93. The molecule has 0 aliphatic heterocycles. The van der Waals surface area contributed by atoms with Gasteiger partial charge in [0.05, 0.1) is 5.56 Å². The number of hydrogen-bond acceptors (Lipinski definition) is 2. The SMILES string of the molecule is Cc1ccc(CNC(=O)C(C)(C)C(=O)Nc2ccc(C(F)(F)F)cc2)cc1. The highest BCUT2D eigenvalue weighted by molar-refractivity contribution is 6.09. The van der Waals surface area contributed by atoms with E-state index in [-0.39, 0.29) is 12.2 Å². The quantitative estimate of drug-likeness (QED) is 0.763. The number of carbonyl (C=O) groups is 2. The first kappa shape index (κ1) is 20.5. The molecule has 2 aromatic carbocycles. The van der Waals surface area contributed by atoms with Gasteiger partial charge in [0.1, 0.15) is 5.41 Å². The standard InChI is InChI=1S/C20H21F3N2O2/c1-13-4-6-14(7-5-13)12-24-17(26)19(2,3)18(27)25-16-10-8-15(9-11-16)20(21,22)23/h4-11H,12H2,1-3H3,(H,24,26)(H,25,27). The summed E-state index contributed by atoms with van der Waals surface area (Å²) in [4.78, 5) is 24.8. The van der Waals surface area contributed by atoms with Crippen molar-refractivity contribution >= 4 is 17.5 Å². The molecule has 0 atom stereocenters. The summed E-state index contributed by atoms with van der Waals surface area (Å²) in [6, 6.07) is 11.7. The van der Waals surface area contributed by atoms with Crippen molar-refractivity contribution in [1.82, 2.24) is 5.32 Å². The molecule has 27 heavy (non-hydrogen) atoms. The van der Waals surface area contributed by atoms with Crippen LogP contribution in [0, 0.1) is 12.3 Å². The van der Waals surface area contributed by atoms with Gasteiger partial charge in [-0.2, -0.15) is 13.2 Å². The number of benzene rings is 2. The second-order valence-electron chi connectivity index (χ2n) is 6.82. The van der Waals surface area contributed by atoms with Gasteiger partial charge in [-0.3, -0.25) is 9.59 Å². The molecule has 2 amide bonds. The molecular formula is C20H21F3N2O2. The predicted octanol–water partition coefficient (Wildman–Crippen LogP) is 4.29. The van der Waals surface area contributed by atoms with Gasteiger partial charge in [-0.1, -0.05) is 29.8 Å². The summed E-state index contributed by atoms with van der Waals surface area (Å²) in [6.45, 7) is 5.14. The maximum atomic E-state index is 12.6. The molecule has 144 valence electrons. The molecule has 0 spiro atoms. The topological polar surface area (TPSA) is 58.2 Å². The Labute approximate surface area is 155 Å². The monoisotopic (exact) mass is 378 g/mol. The van der Waals surface area contributed by atoms with Crippen molar-refractivity contribution in [1.29, 1.82) is 0 Å². The van der Waals surface area contributed by atoms with Gasteiger partial charge in [-0.25, -0.2) is 0 Å². The van der Waals surface area contributed by atoms with E-state index in [1.807, 2.05) is 31.2 Å². The number of hydrogen-bond donors (Lipinski definition) is 2. The van der Waals surface area contributed by atoms with E-state index in [0.717, 1.165) is 35.4 Å². The van der Waals surface area contributed by atoms with Gasteiger partial charge in [0.25, 0.3) is 0 Å². The van der Waals surface area contributed by atoms with E-state index in [9.17, 15) is 22.8 Å². The zero-order valence-corrected chi connectivity index (χ0v) is 15.3. The Morgan fingerprint density at radius 1 is 0.889 bits per heavy atom. The average Bonchev–Trinajstić information content (AvgIpc) is 2.60. The molecule has 0 aliphatic carbocycles. The van der Waals surface area contributed by atoms with Crippen LogP contribution in [-0.4, -0.2) is 11.8 Å². The number of carbonyl (C=O) groups excluding carboxylic acids is 2. The third-order valence-corrected chi connectivity index (χ3v) is 4.18. The number of anilines is 1. The van der Waals surface area contributed by atoms with Crippen LogP contribution >= 0.6 is 0 Å². The Bertz CT molecular complexity index is 811. The Morgan fingerprint density at radius 3 is 1.96 bits per heavy atom. The fraction of sp³-hybridized carbons (Fsp3) is 0.300. The van der Waals surface area contributed by atoms with Crippen molar-refractivity contribution in [3.8, 4) is 0 Å². The van der Waals surface area contributed by atoms with Crippen molar-refractivity contribution in [3.63, 3.8) is 0 Å². The number of halogens is 3. The number of aryl methyl sites for hydroxylation is 1. The van der Waals surface area contributed by atoms with Crippen LogP contribution in [0.15, 0.2) is 48.5 Å². The lowest BCUT2D eigenvalue weighted by atomic mass is 9.90. The first-order valence-corrected chi connectivity index (χ1v) is 8.33. The normalized spacial score (nSPS) is 11.8. The summed E-state index contributed by atoms with van der Waals surface area (Å²) in [5.41, 5.74) is -0.0230. The first-order valence-electron chi connectivity index (χ1n) is 8.33. The van der Waals surface area contributed by atoms with E-state index >= 15 is 0 Å². The zero-order chi connectivity index (χ0) is 20.2. The molecule has 0 fully saturated rings. The largest absolute Gasteiger partial charge is 0.416 e. The molecule has 7 heteroatoms. The summed E-state index contributed by atoms with van der Waals surface area (Å²) in [6.07, 6.45) is -4.45. The van der Waals surface area contributed by atoms with E-state index in [4.69, 9.17) is 0 Å². The second kappa shape index (κ2) is 7.82. The molecule has 0 radical (unpaired) electrons. The van der Waals surface area contributed by atoms with Gasteiger partial charge < -0.3 is 10.6 Å². The van der Waals surface area contributed by atoms with E-state index < -0.39 is 29.0 Å². The van der Waals surface area contributed by atoms with Gasteiger partial charge in [-0.05, 0) is 50.6 Å². The molecule has 0 saturated heterocycles. The van der Waals surface area contributed by atoms with Crippen molar-refractivity contribution in [2.75, 3.05) is 5.32 Å². The van der Waals surface area contributed by atoms with Crippen LogP contribution in [0.1, 0.15) is 30.5 Å². The highest BCUT2D eigenvalue weighted by atomic mass is 19.4. The van der Waals surface area contributed by atoms with Crippen LogP contribution in [0.4, 0.5) is 18.9 Å². The van der Waals surface area contributed by atoms with E-state index in [2.05, 4.69) is 10.6 Å². The molecule has 0 saturated carbocycles. The summed E-state index contributed by atoms with van der Waals surface area (Å²) in [5.74, 6) is -1.09. The third kappa shape index (κ3) is 5.32. The molecule has 0 heterocycles. The molecule has 2 aromatic rings. The maximum absolute atomic E-state index is 12.6. The van der Waals surface area contributed by atoms with Crippen LogP contribution in [-0.2, 0) is 22.3 Å². The summed E-state index contributed by atoms with van der Waals surface area (Å²) >= 11 is 0. The maximum Gasteiger partial charge on any atom is 0.416 e. The van der Waals surface area contributed by atoms with E-state index in [1.165, 1.54) is 13.8 Å². The van der Waals surface area contributed by atoms with Crippen molar-refractivity contribution in [3.05, 3.63) is 65.2 Å². The van der Waals surface area contributed by atoms with Crippen LogP contribution in [0.3, 0.4) is 0 Å². The number of nitrogens with one attached hydrogen (secondary N) is 2. The van der Waals surface area contributed by atoms with Gasteiger partial charge in [0.15, 0.2) is 0 Å². The lowest BCUT2D eigenvalue weighted by molar-refractivity contribution is -0.139. The third-order valence-electron chi connectivity index (χ3n) is 4.18. The van der Waals surface area contributed by atoms with Crippen molar-refractivity contribution < 1.29 is 22.8 Å². The Morgan fingerprint density at radius 2 is 1.44 bits per heavy atom. The summed E-state index contributed by atoms with van der Waals surface area (Å²) < 4.78 is 37.8. The molecule has 0 aliphatic rings. The molecular weight excluding hydrogens is 357 g/mol. The molecule has 2 rings (SSSR count). The summed E-state index contributed by atoms with van der Waals surface area (Å²) in [7, 11) is 0. The lowest BCUT2D eigenvalue weighted by Gasteiger charge is -2.23.